The Bertz CT molecular complexity index is 765. The summed E-state index contributed by atoms with van der Waals surface area (Å²) in [5.74, 6) is 0.453. The van der Waals surface area contributed by atoms with Gasteiger partial charge < -0.3 is 15.2 Å². The first kappa shape index (κ1) is 17.1. The Morgan fingerprint density at radius 2 is 1.69 bits per heavy atom. The molecule has 0 bridgehead atoms. The van der Waals surface area contributed by atoms with Gasteiger partial charge in [0, 0.05) is 12.5 Å². The maximum atomic E-state index is 12.1. The molecular weight excluding hydrogens is 326 g/mol. The average molecular weight is 351 g/mol. The predicted octanol–water partition coefficient (Wildman–Crippen LogP) is 4.08. The highest BCUT2D eigenvalue weighted by Crippen LogP contribution is 2.44. The number of hydrogen-bond acceptors (Lipinski definition) is 3. The summed E-state index contributed by atoms with van der Waals surface area (Å²) in [6, 6.07) is 16.6. The first-order valence-corrected chi connectivity index (χ1v) is 9.37. The highest BCUT2D eigenvalue weighted by molar-refractivity contribution is 5.79. The first-order valence-electron chi connectivity index (χ1n) is 9.37. The number of nitrogens with one attached hydrogen (secondary N) is 1. The van der Waals surface area contributed by atoms with Crippen molar-refractivity contribution in [2.45, 2.75) is 37.7 Å². The molecule has 2 aliphatic carbocycles. The maximum absolute atomic E-state index is 12.1. The van der Waals surface area contributed by atoms with Gasteiger partial charge in [-0.2, -0.15) is 0 Å². The molecule has 0 heterocycles. The molecule has 1 fully saturated rings. The molecule has 1 saturated carbocycles. The quantitative estimate of drug-likeness (QED) is 0.824. The fourth-order valence-electron chi connectivity index (χ4n) is 3.98. The van der Waals surface area contributed by atoms with Crippen LogP contribution in [0.2, 0.25) is 0 Å². The third-order valence-corrected chi connectivity index (χ3v) is 5.70. The van der Waals surface area contributed by atoms with E-state index in [1.165, 1.54) is 22.3 Å². The van der Waals surface area contributed by atoms with Gasteiger partial charge in [-0.1, -0.05) is 48.5 Å². The molecule has 1 atom stereocenters. The number of fused-ring (bicyclic) bond motifs is 3. The molecule has 2 aromatic carbocycles. The number of carbonyl (C=O) groups excluding carboxylic acids is 1. The fourth-order valence-corrected chi connectivity index (χ4v) is 3.98. The normalized spacial score (nSPS) is 17.9. The number of rotatable bonds is 6. The van der Waals surface area contributed by atoms with Crippen LogP contribution < -0.4 is 5.32 Å². The van der Waals surface area contributed by atoms with Gasteiger partial charge in [0.25, 0.3) is 0 Å². The molecule has 2 aromatic rings. The second kappa shape index (κ2) is 6.76. The van der Waals surface area contributed by atoms with Gasteiger partial charge in [-0.05, 0) is 54.4 Å². The minimum absolute atomic E-state index is 0.0720. The molecule has 4 heteroatoms. The molecule has 136 valence electrons. The van der Waals surface area contributed by atoms with E-state index in [0.29, 0.717) is 25.5 Å². The van der Waals surface area contributed by atoms with E-state index in [0.717, 1.165) is 12.8 Å². The van der Waals surface area contributed by atoms with Gasteiger partial charge in [-0.25, -0.2) is 4.79 Å². The zero-order valence-electron chi connectivity index (χ0n) is 15.1. The van der Waals surface area contributed by atoms with Crippen LogP contribution in [0, 0.1) is 5.92 Å². The highest BCUT2D eigenvalue weighted by atomic mass is 16.5. The van der Waals surface area contributed by atoms with Gasteiger partial charge >= 0.3 is 6.09 Å². The Morgan fingerprint density at radius 1 is 1.12 bits per heavy atom. The molecule has 1 unspecified atom stereocenters. The monoisotopic (exact) mass is 351 g/mol. The lowest BCUT2D eigenvalue weighted by atomic mass is 9.96. The van der Waals surface area contributed by atoms with Crippen LogP contribution in [0.15, 0.2) is 48.5 Å². The zero-order chi connectivity index (χ0) is 18.1. The minimum Gasteiger partial charge on any atom is -0.449 e. The van der Waals surface area contributed by atoms with E-state index >= 15 is 0 Å². The fraction of sp³-hybridized carbons (Fsp3) is 0.409. The van der Waals surface area contributed by atoms with Crippen molar-refractivity contribution in [1.82, 2.24) is 5.32 Å². The Balaban J connectivity index is 1.35. The van der Waals surface area contributed by atoms with Gasteiger partial charge in [0.05, 0.1) is 5.60 Å². The summed E-state index contributed by atoms with van der Waals surface area (Å²) in [4.78, 5) is 12.1. The number of benzene rings is 2. The zero-order valence-corrected chi connectivity index (χ0v) is 15.1. The maximum Gasteiger partial charge on any atom is 0.407 e. The number of ether oxygens (including phenoxy) is 1. The Hall–Kier alpha value is -2.33. The van der Waals surface area contributed by atoms with Crippen LogP contribution >= 0.6 is 0 Å². The lowest BCUT2D eigenvalue weighted by Crippen LogP contribution is -2.35. The number of aliphatic hydroxyl groups is 1. The summed E-state index contributed by atoms with van der Waals surface area (Å²) in [7, 11) is 0. The molecule has 0 spiro atoms. The first-order chi connectivity index (χ1) is 12.6. The average Bonchev–Trinajstić information content (AvgIpc) is 3.45. The molecule has 4 rings (SSSR count). The van der Waals surface area contributed by atoms with E-state index in [1.54, 1.807) is 0 Å². The Labute approximate surface area is 154 Å². The van der Waals surface area contributed by atoms with Crippen molar-refractivity contribution in [3.63, 3.8) is 0 Å². The lowest BCUT2D eigenvalue weighted by molar-refractivity contribution is 0.0282. The molecule has 1 amide bonds. The summed E-state index contributed by atoms with van der Waals surface area (Å²) < 4.78 is 5.50. The summed E-state index contributed by atoms with van der Waals surface area (Å²) in [5, 5.41) is 13.1. The topological polar surface area (TPSA) is 58.6 Å². The van der Waals surface area contributed by atoms with Crippen LogP contribution in [0.4, 0.5) is 4.79 Å². The van der Waals surface area contributed by atoms with Gasteiger partial charge in [-0.3, -0.25) is 0 Å². The summed E-state index contributed by atoms with van der Waals surface area (Å²) in [6.45, 7) is 2.60. The van der Waals surface area contributed by atoms with Crippen molar-refractivity contribution in [1.29, 1.82) is 0 Å². The van der Waals surface area contributed by atoms with Gasteiger partial charge in [0.15, 0.2) is 0 Å². The number of hydrogen-bond donors (Lipinski definition) is 2. The third kappa shape index (κ3) is 3.34. The highest BCUT2D eigenvalue weighted by Gasteiger charge is 2.39. The minimum atomic E-state index is -0.684. The molecule has 26 heavy (non-hydrogen) atoms. The van der Waals surface area contributed by atoms with E-state index in [-0.39, 0.29) is 5.92 Å². The molecular formula is C22H25NO3. The lowest BCUT2D eigenvalue weighted by Gasteiger charge is -2.23. The largest absolute Gasteiger partial charge is 0.449 e. The standard InChI is InChI=1S/C22H25NO3/c1-22(25,15-10-11-15)12-13-23-21(24)26-14-20-18-8-4-2-6-16(18)17-7-3-5-9-19(17)20/h2-9,15,20,25H,10-14H2,1H3,(H,23,24). The second-order valence-electron chi connectivity index (χ2n) is 7.63. The SMILES string of the molecule is CC(O)(CCNC(=O)OCC1c2ccccc2-c2ccccc21)C1CC1. The molecule has 2 N–H and O–H groups in total. The molecule has 4 nitrogen and oxygen atoms in total. The second-order valence-corrected chi connectivity index (χ2v) is 7.63. The van der Waals surface area contributed by atoms with E-state index in [1.807, 2.05) is 31.2 Å². The van der Waals surface area contributed by atoms with Gasteiger partial charge in [-0.15, -0.1) is 0 Å². The number of amides is 1. The number of carbonyl (C=O) groups is 1. The van der Waals surface area contributed by atoms with Crippen molar-refractivity contribution < 1.29 is 14.6 Å². The van der Waals surface area contributed by atoms with Crippen LogP contribution in [-0.4, -0.2) is 30.0 Å². The van der Waals surface area contributed by atoms with Crippen LogP contribution in [0.5, 0.6) is 0 Å². The van der Waals surface area contributed by atoms with Crippen LogP contribution in [0.3, 0.4) is 0 Å². The van der Waals surface area contributed by atoms with Crippen molar-refractivity contribution in [2.75, 3.05) is 13.2 Å². The molecule has 0 aliphatic heterocycles. The van der Waals surface area contributed by atoms with Crippen molar-refractivity contribution in [3.05, 3.63) is 59.7 Å². The van der Waals surface area contributed by atoms with Crippen LogP contribution in [-0.2, 0) is 4.74 Å². The van der Waals surface area contributed by atoms with Crippen molar-refractivity contribution in [3.8, 4) is 11.1 Å². The summed E-state index contributed by atoms with van der Waals surface area (Å²) in [5.41, 5.74) is 4.17. The van der Waals surface area contributed by atoms with E-state index in [2.05, 4.69) is 29.6 Å². The molecule has 0 aromatic heterocycles. The molecule has 2 aliphatic rings. The van der Waals surface area contributed by atoms with Crippen LogP contribution in [0.1, 0.15) is 43.2 Å². The Morgan fingerprint density at radius 3 is 2.27 bits per heavy atom. The predicted molar refractivity (Wildman–Crippen MR) is 101 cm³/mol. The summed E-state index contributed by atoms with van der Waals surface area (Å²) in [6.07, 6.45) is 2.30. The summed E-state index contributed by atoms with van der Waals surface area (Å²) >= 11 is 0. The van der Waals surface area contributed by atoms with E-state index < -0.39 is 11.7 Å². The molecule has 0 radical (unpaired) electrons. The molecule has 0 saturated heterocycles. The van der Waals surface area contributed by atoms with Gasteiger partial charge in [0.1, 0.15) is 6.61 Å². The smallest absolute Gasteiger partial charge is 0.407 e. The van der Waals surface area contributed by atoms with Crippen LogP contribution in [0.25, 0.3) is 11.1 Å². The van der Waals surface area contributed by atoms with E-state index in [4.69, 9.17) is 4.74 Å². The third-order valence-electron chi connectivity index (χ3n) is 5.70. The van der Waals surface area contributed by atoms with Crippen molar-refractivity contribution in [2.24, 2.45) is 5.92 Å². The number of alkyl carbamates (subject to hydrolysis) is 1. The van der Waals surface area contributed by atoms with E-state index in [9.17, 15) is 9.90 Å². The van der Waals surface area contributed by atoms with Crippen molar-refractivity contribution >= 4 is 6.09 Å². The Kier molecular flexibility index (Phi) is 4.45. The van der Waals surface area contributed by atoms with Gasteiger partial charge in [0.2, 0.25) is 0 Å².